The van der Waals surface area contributed by atoms with Crippen molar-refractivity contribution >= 4 is 17.9 Å². The van der Waals surface area contributed by atoms with Crippen LogP contribution < -0.4 is 0 Å². The van der Waals surface area contributed by atoms with Crippen LogP contribution in [0.1, 0.15) is 17.5 Å². The first kappa shape index (κ1) is 23.6. The van der Waals surface area contributed by atoms with Gasteiger partial charge in [0.2, 0.25) is 0 Å². The molecular weight excluding hydrogens is 449 g/mol. The predicted molar refractivity (Wildman–Crippen MR) is 135 cm³/mol. The molecule has 1 aliphatic heterocycles. The smallest absolute Gasteiger partial charge is 0.449 e. The molecule has 0 bridgehead atoms. The fourth-order valence-electron chi connectivity index (χ4n) is 3.86. The van der Waals surface area contributed by atoms with E-state index in [2.05, 4.69) is 35.2 Å². The van der Waals surface area contributed by atoms with Crippen molar-refractivity contribution in [2.75, 3.05) is 12.3 Å². The molecule has 3 aromatic rings. The van der Waals surface area contributed by atoms with Crippen molar-refractivity contribution in [2.45, 2.75) is 19.4 Å². The number of ether oxygens (including phenoxy) is 1. The molecule has 174 valence electrons. The quantitative estimate of drug-likeness (QED) is 0.264. The van der Waals surface area contributed by atoms with Crippen molar-refractivity contribution in [3.8, 4) is 11.1 Å². The summed E-state index contributed by atoms with van der Waals surface area (Å²) in [4.78, 5) is 13.4. The van der Waals surface area contributed by atoms with Crippen molar-refractivity contribution < 1.29 is 19.0 Å². The Morgan fingerprint density at radius 2 is 1.74 bits per heavy atom. The van der Waals surface area contributed by atoms with E-state index in [1.807, 2.05) is 30.3 Å². The number of thioether (sulfide) groups is 1. The van der Waals surface area contributed by atoms with Gasteiger partial charge in [0.1, 0.15) is 10.8 Å². The molecule has 6 heteroatoms. The standard InChI is InChI=1S/C28H26FNO3S/c29-25-15-13-21(14-16-25)8-6-18-34-27-26(33-28(31)32)12-5-17-30(27)20-22-7-4-11-24(19-22)23-9-2-1-3-10-23/h1-5,7,9-16,19H,6,8,17-18,20H2,(H,31,32). The molecule has 4 rings (SSSR count). The van der Waals surface area contributed by atoms with Crippen LogP contribution in [0.25, 0.3) is 11.1 Å². The Hall–Kier alpha value is -3.51. The van der Waals surface area contributed by atoms with Gasteiger partial charge in [0.05, 0.1) is 0 Å². The van der Waals surface area contributed by atoms with Crippen molar-refractivity contribution in [3.63, 3.8) is 0 Å². The Morgan fingerprint density at radius 1 is 0.971 bits per heavy atom. The van der Waals surface area contributed by atoms with Gasteiger partial charge in [0.15, 0.2) is 5.76 Å². The van der Waals surface area contributed by atoms with Crippen LogP contribution >= 0.6 is 11.8 Å². The van der Waals surface area contributed by atoms with Crippen LogP contribution in [0.3, 0.4) is 0 Å². The molecule has 0 saturated carbocycles. The summed E-state index contributed by atoms with van der Waals surface area (Å²) in [6.07, 6.45) is 4.03. The minimum atomic E-state index is -1.32. The molecule has 1 aliphatic rings. The molecule has 0 fully saturated rings. The molecule has 0 amide bonds. The molecule has 0 aliphatic carbocycles. The minimum Gasteiger partial charge on any atom is -0.449 e. The highest BCUT2D eigenvalue weighted by Crippen LogP contribution is 2.31. The second-order valence-electron chi connectivity index (χ2n) is 7.97. The summed E-state index contributed by atoms with van der Waals surface area (Å²) in [5.74, 6) is 0.901. The van der Waals surface area contributed by atoms with Gasteiger partial charge in [-0.15, -0.1) is 11.8 Å². The third-order valence-corrected chi connectivity index (χ3v) is 6.69. The predicted octanol–water partition coefficient (Wildman–Crippen LogP) is 7.09. The van der Waals surface area contributed by atoms with Crippen molar-refractivity contribution in [3.05, 3.63) is 119 Å². The molecule has 34 heavy (non-hydrogen) atoms. The van der Waals surface area contributed by atoms with Gasteiger partial charge in [-0.3, -0.25) is 0 Å². The number of hydrogen-bond acceptors (Lipinski definition) is 4. The van der Waals surface area contributed by atoms with Gasteiger partial charge in [-0.2, -0.15) is 0 Å². The van der Waals surface area contributed by atoms with Gasteiger partial charge in [-0.25, -0.2) is 9.18 Å². The second kappa shape index (κ2) is 11.6. The Balaban J connectivity index is 1.46. The first-order valence-corrected chi connectivity index (χ1v) is 12.2. The number of hydrogen-bond donors (Lipinski definition) is 1. The van der Waals surface area contributed by atoms with Crippen LogP contribution in [0.4, 0.5) is 9.18 Å². The molecule has 0 radical (unpaired) electrons. The maximum absolute atomic E-state index is 13.1. The summed E-state index contributed by atoms with van der Waals surface area (Å²) < 4.78 is 18.2. The third-order valence-electron chi connectivity index (χ3n) is 5.46. The topological polar surface area (TPSA) is 49.8 Å². The van der Waals surface area contributed by atoms with Crippen molar-refractivity contribution in [1.29, 1.82) is 0 Å². The molecular formula is C28H26FNO3S. The molecule has 0 spiro atoms. The fourth-order valence-corrected chi connectivity index (χ4v) is 4.92. The monoisotopic (exact) mass is 475 g/mol. The molecule has 1 heterocycles. The van der Waals surface area contributed by atoms with Gasteiger partial charge in [0, 0.05) is 13.1 Å². The first-order valence-electron chi connectivity index (χ1n) is 11.2. The SMILES string of the molecule is O=C(O)OC1=C(SCCCc2ccc(F)cc2)N(Cc2cccc(-c3ccccc3)c2)CC=C1. The third kappa shape index (κ3) is 6.51. The number of nitrogens with zero attached hydrogens (tertiary/aromatic N) is 1. The van der Waals surface area contributed by atoms with E-state index in [1.165, 1.54) is 12.1 Å². The normalized spacial score (nSPS) is 13.3. The number of aryl methyl sites for hydroxylation is 1. The van der Waals surface area contributed by atoms with Gasteiger partial charge < -0.3 is 14.7 Å². The molecule has 4 nitrogen and oxygen atoms in total. The second-order valence-corrected chi connectivity index (χ2v) is 9.05. The molecule has 0 atom stereocenters. The van der Waals surface area contributed by atoms with Gasteiger partial charge in [-0.1, -0.05) is 66.7 Å². The number of halogens is 1. The van der Waals surface area contributed by atoms with E-state index < -0.39 is 6.16 Å². The average Bonchev–Trinajstić information content (AvgIpc) is 2.84. The lowest BCUT2D eigenvalue weighted by atomic mass is 10.0. The molecule has 0 aromatic heterocycles. The van der Waals surface area contributed by atoms with Gasteiger partial charge in [-0.05, 0) is 65.1 Å². The molecule has 0 saturated heterocycles. The Labute approximate surface area is 203 Å². The number of benzene rings is 3. The van der Waals surface area contributed by atoms with E-state index in [0.29, 0.717) is 18.8 Å². The van der Waals surface area contributed by atoms with E-state index >= 15 is 0 Å². The lowest BCUT2D eigenvalue weighted by molar-refractivity contribution is 0.119. The van der Waals surface area contributed by atoms with E-state index in [-0.39, 0.29) is 5.82 Å². The summed E-state index contributed by atoms with van der Waals surface area (Å²) in [5.41, 5.74) is 4.51. The zero-order chi connectivity index (χ0) is 23.8. The lowest BCUT2D eigenvalue weighted by Gasteiger charge is -2.29. The van der Waals surface area contributed by atoms with Crippen LogP contribution in [0.5, 0.6) is 0 Å². The van der Waals surface area contributed by atoms with Crippen LogP contribution in [-0.4, -0.2) is 28.5 Å². The number of carboxylic acid groups (broad SMARTS) is 1. The van der Waals surface area contributed by atoms with Crippen LogP contribution in [0.2, 0.25) is 0 Å². The van der Waals surface area contributed by atoms with E-state index in [0.717, 1.165) is 45.9 Å². The van der Waals surface area contributed by atoms with E-state index in [1.54, 1.807) is 30.0 Å². The summed E-state index contributed by atoms with van der Waals surface area (Å²) in [6, 6.07) is 25.2. The van der Waals surface area contributed by atoms with Gasteiger partial charge >= 0.3 is 6.16 Å². The number of carbonyl (C=O) groups is 1. The number of allylic oxidation sites excluding steroid dienone is 1. The largest absolute Gasteiger partial charge is 0.511 e. The zero-order valence-electron chi connectivity index (χ0n) is 18.7. The fraction of sp³-hybridized carbons (Fsp3) is 0.179. The van der Waals surface area contributed by atoms with Crippen LogP contribution in [0, 0.1) is 5.82 Å². The lowest BCUT2D eigenvalue weighted by Crippen LogP contribution is -2.26. The summed E-state index contributed by atoms with van der Waals surface area (Å²) >= 11 is 1.59. The maximum atomic E-state index is 13.1. The minimum absolute atomic E-state index is 0.236. The Morgan fingerprint density at radius 3 is 2.50 bits per heavy atom. The highest BCUT2D eigenvalue weighted by Gasteiger charge is 2.21. The summed E-state index contributed by atoms with van der Waals surface area (Å²) in [6.45, 7) is 1.31. The Kier molecular flexibility index (Phi) is 8.04. The molecule has 0 unspecified atom stereocenters. The highest BCUT2D eigenvalue weighted by molar-refractivity contribution is 8.03. The summed E-state index contributed by atoms with van der Waals surface area (Å²) in [7, 11) is 0. The van der Waals surface area contributed by atoms with E-state index in [9.17, 15) is 14.3 Å². The van der Waals surface area contributed by atoms with Crippen molar-refractivity contribution in [1.82, 2.24) is 4.90 Å². The molecule has 3 aromatic carbocycles. The summed E-state index contributed by atoms with van der Waals surface area (Å²) in [5, 5.41) is 10.0. The maximum Gasteiger partial charge on any atom is 0.511 e. The van der Waals surface area contributed by atoms with Crippen LogP contribution in [-0.2, 0) is 17.7 Å². The number of rotatable bonds is 9. The average molecular weight is 476 g/mol. The van der Waals surface area contributed by atoms with Gasteiger partial charge in [0.25, 0.3) is 0 Å². The van der Waals surface area contributed by atoms with Crippen LogP contribution in [0.15, 0.2) is 102 Å². The van der Waals surface area contributed by atoms with Crippen molar-refractivity contribution in [2.24, 2.45) is 0 Å². The molecule has 1 N–H and O–H groups in total. The highest BCUT2D eigenvalue weighted by atomic mass is 32.2. The Bertz CT molecular complexity index is 1180. The van der Waals surface area contributed by atoms with E-state index in [4.69, 9.17) is 4.74 Å². The zero-order valence-corrected chi connectivity index (χ0v) is 19.5. The first-order chi connectivity index (χ1) is 16.6.